The standard InChI is InChI=1S/C9H10.C7H12O2.C3H4O2/c1-2-6-9-7-4-3-5-8-9;1-3-5-6-9-7(8)4-2;1-2-3(4)5/h2-8H,1H3;4H,2-3,5-6H2,1H3;2H,1H2,(H,4,5). The lowest BCUT2D eigenvalue weighted by atomic mass is 10.2. The first kappa shape index (κ1) is 22.7. The van der Waals surface area contributed by atoms with E-state index in [2.05, 4.69) is 36.1 Å². The lowest BCUT2D eigenvalue weighted by Crippen LogP contribution is -2.00. The second-order valence-electron chi connectivity index (χ2n) is 4.18. The number of allylic oxidation sites excluding steroid dienone is 1. The summed E-state index contributed by atoms with van der Waals surface area (Å²) in [6.45, 7) is 10.8. The van der Waals surface area contributed by atoms with Crippen molar-refractivity contribution in [3.05, 3.63) is 67.3 Å². The van der Waals surface area contributed by atoms with Crippen LogP contribution in [0.4, 0.5) is 0 Å². The molecule has 0 radical (unpaired) electrons. The van der Waals surface area contributed by atoms with Crippen molar-refractivity contribution in [2.45, 2.75) is 26.7 Å². The normalized spacial score (nSPS) is 8.78. The van der Waals surface area contributed by atoms with Gasteiger partial charge in [-0.1, -0.05) is 69.0 Å². The van der Waals surface area contributed by atoms with Gasteiger partial charge in [0, 0.05) is 12.2 Å². The highest BCUT2D eigenvalue weighted by Gasteiger charge is 1.91. The highest BCUT2D eigenvalue weighted by molar-refractivity contribution is 5.81. The first-order chi connectivity index (χ1) is 11.0. The third kappa shape index (κ3) is 19.4. The molecule has 0 aliphatic carbocycles. The van der Waals surface area contributed by atoms with E-state index in [4.69, 9.17) is 5.11 Å². The van der Waals surface area contributed by atoms with Gasteiger partial charge >= 0.3 is 11.9 Å². The summed E-state index contributed by atoms with van der Waals surface area (Å²) < 4.78 is 4.67. The van der Waals surface area contributed by atoms with Crippen LogP contribution < -0.4 is 0 Å². The maximum absolute atomic E-state index is 10.3. The molecule has 1 aromatic carbocycles. The smallest absolute Gasteiger partial charge is 0.330 e. The van der Waals surface area contributed by atoms with Gasteiger partial charge in [0.15, 0.2) is 0 Å². The van der Waals surface area contributed by atoms with Crippen molar-refractivity contribution in [1.82, 2.24) is 0 Å². The molecule has 23 heavy (non-hydrogen) atoms. The van der Waals surface area contributed by atoms with Crippen LogP contribution in [-0.2, 0) is 14.3 Å². The van der Waals surface area contributed by atoms with Crippen LogP contribution in [0, 0.1) is 0 Å². The Morgan fingerprint density at radius 1 is 1.17 bits per heavy atom. The zero-order valence-corrected chi connectivity index (χ0v) is 13.9. The highest BCUT2D eigenvalue weighted by atomic mass is 16.5. The quantitative estimate of drug-likeness (QED) is 0.477. The summed E-state index contributed by atoms with van der Waals surface area (Å²) in [7, 11) is 0. The fourth-order valence-corrected chi connectivity index (χ4v) is 1.13. The summed E-state index contributed by atoms with van der Waals surface area (Å²) in [6.07, 6.45) is 8.11. The molecule has 0 spiro atoms. The first-order valence-electron chi connectivity index (χ1n) is 7.34. The van der Waals surface area contributed by atoms with Gasteiger partial charge in [0.1, 0.15) is 0 Å². The monoisotopic (exact) mass is 318 g/mol. The van der Waals surface area contributed by atoms with E-state index in [0.29, 0.717) is 6.61 Å². The predicted molar refractivity (Wildman–Crippen MR) is 95.0 cm³/mol. The summed E-state index contributed by atoms with van der Waals surface area (Å²) in [6, 6.07) is 10.3. The minimum absolute atomic E-state index is 0.330. The van der Waals surface area contributed by atoms with E-state index in [-0.39, 0.29) is 5.97 Å². The van der Waals surface area contributed by atoms with Gasteiger partial charge in [-0.25, -0.2) is 9.59 Å². The lowest BCUT2D eigenvalue weighted by Gasteiger charge is -1.97. The molecule has 1 aromatic rings. The van der Waals surface area contributed by atoms with Crippen LogP contribution in [0.15, 0.2) is 61.7 Å². The van der Waals surface area contributed by atoms with Crippen molar-refractivity contribution < 1.29 is 19.4 Å². The van der Waals surface area contributed by atoms with Gasteiger partial charge in [-0.2, -0.15) is 0 Å². The van der Waals surface area contributed by atoms with E-state index < -0.39 is 5.97 Å². The van der Waals surface area contributed by atoms with Gasteiger partial charge in [0.2, 0.25) is 0 Å². The summed E-state index contributed by atoms with van der Waals surface area (Å²) in [4.78, 5) is 19.6. The van der Waals surface area contributed by atoms with Crippen LogP contribution in [0.1, 0.15) is 32.3 Å². The molecule has 0 aliphatic rings. The summed E-state index contributed by atoms with van der Waals surface area (Å²) in [5.74, 6) is -1.31. The second kappa shape index (κ2) is 17.4. The number of esters is 1. The van der Waals surface area contributed by atoms with Crippen molar-refractivity contribution in [2.75, 3.05) is 6.61 Å². The third-order valence-electron chi connectivity index (χ3n) is 2.24. The van der Waals surface area contributed by atoms with Crippen LogP contribution in [0.25, 0.3) is 6.08 Å². The summed E-state index contributed by atoms with van der Waals surface area (Å²) in [5.41, 5.74) is 1.26. The van der Waals surface area contributed by atoms with Gasteiger partial charge in [-0.05, 0) is 18.9 Å². The molecule has 0 fully saturated rings. The first-order valence-corrected chi connectivity index (χ1v) is 7.34. The molecule has 0 unspecified atom stereocenters. The zero-order valence-electron chi connectivity index (χ0n) is 13.9. The fourth-order valence-electron chi connectivity index (χ4n) is 1.13. The molecule has 4 heteroatoms. The second-order valence-corrected chi connectivity index (χ2v) is 4.18. The predicted octanol–water partition coefficient (Wildman–Crippen LogP) is 4.49. The molecule has 1 N–H and O–H groups in total. The Morgan fingerprint density at radius 3 is 2.13 bits per heavy atom. The molecule has 1 rings (SSSR count). The van der Waals surface area contributed by atoms with E-state index in [9.17, 15) is 9.59 Å². The van der Waals surface area contributed by atoms with E-state index in [0.717, 1.165) is 18.9 Å². The van der Waals surface area contributed by atoms with E-state index in [1.54, 1.807) is 0 Å². The van der Waals surface area contributed by atoms with Crippen LogP contribution in [0.3, 0.4) is 0 Å². The lowest BCUT2D eigenvalue weighted by molar-refractivity contribution is -0.137. The average Bonchev–Trinajstić information content (AvgIpc) is 2.57. The number of rotatable bonds is 6. The Balaban J connectivity index is 0. The average molecular weight is 318 g/mol. The highest BCUT2D eigenvalue weighted by Crippen LogP contribution is 1.99. The Kier molecular flexibility index (Phi) is 17.2. The fraction of sp³-hybridized carbons (Fsp3) is 0.263. The van der Waals surface area contributed by atoms with Gasteiger partial charge in [0.25, 0.3) is 0 Å². The number of ether oxygens (including phenoxy) is 1. The molecule has 0 aliphatic heterocycles. The van der Waals surface area contributed by atoms with Gasteiger partial charge in [0.05, 0.1) is 6.61 Å². The number of carbonyl (C=O) groups is 2. The van der Waals surface area contributed by atoms with Crippen LogP contribution in [0.5, 0.6) is 0 Å². The van der Waals surface area contributed by atoms with Crippen molar-refractivity contribution in [3.8, 4) is 0 Å². The summed E-state index contributed by atoms with van der Waals surface area (Å²) in [5, 5.41) is 7.60. The Hall–Kier alpha value is -2.62. The number of carbonyl (C=O) groups excluding carboxylic acids is 1. The van der Waals surface area contributed by atoms with Crippen molar-refractivity contribution >= 4 is 18.0 Å². The van der Waals surface area contributed by atoms with Crippen molar-refractivity contribution in [3.63, 3.8) is 0 Å². The number of hydrogen-bond acceptors (Lipinski definition) is 3. The van der Waals surface area contributed by atoms with Gasteiger partial charge < -0.3 is 9.84 Å². The topological polar surface area (TPSA) is 63.6 Å². The Bertz CT molecular complexity index is 475. The molecule has 0 bridgehead atoms. The van der Waals surface area contributed by atoms with Crippen molar-refractivity contribution in [2.24, 2.45) is 0 Å². The van der Waals surface area contributed by atoms with Gasteiger partial charge in [-0.3, -0.25) is 0 Å². The van der Waals surface area contributed by atoms with E-state index >= 15 is 0 Å². The Labute approximate surface area is 138 Å². The minimum Gasteiger partial charge on any atom is -0.478 e. The maximum Gasteiger partial charge on any atom is 0.330 e. The van der Waals surface area contributed by atoms with E-state index in [1.165, 1.54) is 11.6 Å². The Morgan fingerprint density at radius 2 is 1.74 bits per heavy atom. The third-order valence-corrected chi connectivity index (χ3v) is 2.24. The SMILES string of the molecule is C=CC(=O)O.C=CC(=O)OCCCC.CC=Cc1ccccc1. The van der Waals surface area contributed by atoms with E-state index in [1.807, 2.05) is 38.1 Å². The maximum atomic E-state index is 10.3. The molecule has 0 saturated carbocycles. The number of benzene rings is 1. The molecule has 0 atom stereocenters. The molecular formula is C19H26O4. The van der Waals surface area contributed by atoms with Gasteiger partial charge in [-0.15, -0.1) is 0 Å². The number of hydrogen-bond donors (Lipinski definition) is 1. The zero-order chi connectivity index (χ0) is 17.9. The molecular weight excluding hydrogens is 292 g/mol. The number of carboxylic acid groups (broad SMARTS) is 1. The van der Waals surface area contributed by atoms with Crippen molar-refractivity contribution in [1.29, 1.82) is 0 Å². The number of unbranched alkanes of at least 4 members (excludes halogenated alkanes) is 1. The molecule has 126 valence electrons. The molecule has 0 heterocycles. The molecule has 0 amide bonds. The molecule has 4 nitrogen and oxygen atoms in total. The molecule has 0 saturated heterocycles. The van der Waals surface area contributed by atoms with Crippen LogP contribution in [-0.4, -0.2) is 23.7 Å². The van der Waals surface area contributed by atoms with Crippen LogP contribution in [0.2, 0.25) is 0 Å². The van der Waals surface area contributed by atoms with Crippen LogP contribution >= 0.6 is 0 Å². The minimum atomic E-state index is -0.981. The number of carboxylic acids is 1. The summed E-state index contributed by atoms with van der Waals surface area (Å²) >= 11 is 0. The largest absolute Gasteiger partial charge is 0.478 e. The molecule has 0 aromatic heterocycles. The number of aliphatic carboxylic acids is 1.